The first-order chi connectivity index (χ1) is 11.0. The van der Waals surface area contributed by atoms with Gasteiger partial charge >= 0.3 is 0 Å². The molecule has 0 fully saturated rings. The molecule has 1 heterocycles. The second kappa shape index (κ2) is 6.46. The zero-order chi connectivity index (χ0) is 16.4. The Bertz CT molecular complexity index is 746. The summed E-state index contributed by atoms with van der Waals surface area (Å²) in [5, 5.41) is 7.07. The van der Waals surface area contributed by atoms with Crippen LogP contribution in [0.3, 0.4) is 0 Å². The number of anilines is 1. The molecule has 1 atom stereocenters. The molecule has 0 spiro atoms. The predicted octanol–water partition coefficient (Wildman–Crippen LogP) is 4.08. The van der Waals surface area contributed by atoms with Crippen molar-refractivity contribution in [2.45, 2.75) is 26.8 Å². The maximum atomic E-state index is 5.40. The van der Waals surface area contributed by atoms with Gasteiger partial charge < -0.3 is 20.1 Å². The second-order valence-corrected chi connectivity index (χ2v) is 6.14. The predicted molar refractivity (Wildman–Crippen MR) is 96.3 cm³/mol. The van der Waals surface area contributed by atoms with Gasteiger partial charge in [0.25, 0.3) is 0 Å². The van der Waals surface area contributed by atoms with Crippen molar-refractivity contribution in [2.24, 2.45) is 0 Å². The maximum absolute atomic E-state index is 5.40. The van der Waals surface area contributed by atoms with Crippen molar-refractivity contribution in [3.05, 3.63) is 53.1 Å². The van der Waals surface area contributed by atoms with E-state index in [2.05, 4.69) is 49.6 Å². The van der Waals surface area contributed by atoms with Gasteiger partial charge in [0.2, 0.25) is 6.79 Å². The largest absolute Gasteiger partial charge is 0.454 e. The summed E-state index contributed by atoms with van der Waals surface area (Å²) >= 11 is 5.40. The quantitative estimate of drug-likeness (QED) is 0.831. The van der Waals surface area contributed by atoms with Gasteiger partial charge in [0.15, 0.2) is 16.6 Å². The number of aryl methyl sites for hydroxylation is 2. The molecule has 4 nitrogen and oxygen atoms in total. The van der Waals surface area contributed by atoms with Crippen molar-refractivity contribution in [2.75, 3.05) is 12.1 Å². The monoisotopic (exact) mass is 328 g/mol. The van der Waals surface area contributed by atoms with Gasteiger partial charge in [-0.3, -0.25) is 0 Å². The Morgan fingerprint density at radius 1 is 1.04 bits per heavy atom. The molecule has 3 rings (SSSR count). The standard InChI is InChI=1S/C18H20N2O2S/c1-11-4-5-14(8-12(11)2)13(3)19-18(23)20-15-6-7-16-17(9-15)22-10-21-16/h4-9,13H,10H2,1-3H3,(H2,19,20,23)/t13-/m1/s1. The zero-order valence-corrected chi connectivity index (χ0v) is 14.3. The molecule has 0 saturated heterocycles. The molecule has 0 amide bonds. The van der Waals surface area contributed by atoms with E-state index in [0.29, 0.717) is 5.11 Å². The molecule has 0 saturated carbocycles. The second-order valence-electron chi connectivity index (χ2n) is 5.73. The van der Waals surface area contributed by atoms with Crippen molar-refractivity contribution in [1.82, 2.24) is 5.32 Å². The van der Waals surface area contributed by atoms with Gasteiger partial charge in [0.1, 0.15) is 0 Å². The fourth-order valence-corrected chi connectivity index (χ4v) is 2.75. The number of benzene rings is 2. The highest BCUT2D eigenvalue weighted by atomic mass is 32.1. The molecule has 2 aromatic rings. The van der Waals surface area contributed by atoms with Crippen LogP contribution in [-0.4, -0.2) is 11.9 Å². The van der Waals surface area contributed by atoms with Crippen LogP contribution >= 0.6 is 12.2 Å². The number of fused-ring (bicyclic) bond motifs is 1. The Labute approximate surface area is 141 Å². The highest BCUT2D eigenvalue weighted by molar-refractivity contribution is 7.80. The molecular weight excluding hydrogens is 308 g/mol. The van der Waals surface area contributed by atoms with Crippen LogP contribution < -0.4 is 20.1 Å². The van der Waals surface area contributed by atoms with Gasteiger partial charge in [-0.05, 0) is 61.8 Å². The van der Waals surface area contributed by atoms with E-state index in [4.69, 9.17) is 21.7 Å². The first-order valence-electron chi connectivity index (χ1n) is 7.57. The van der Waals surface area contributed by atoms with Crippen LogP contribution in [0.15, 0.2) is 36.4 Å². The Kier molecular flexibility index (Phi) is 4.39. The van der Waals surface area contributed by atoms with Crippen LogP contribution in [0.5, 0.6) is 11.5 Å². The highest BCUT2D eigenvalue weighted by Crippen LogP contribution is 2.34. The number of thiocarbonyl (C=S) groups is 1. The van der Waals surface area contributed by atoms with Crippen molar-refractivity contribution >= 4 is 23.0 Å². The van der Waals surface area contributed by atoms with Crippen LogP contribution in [0.25, 0.3) is 0 Å². The first kappa shape index (κ1) is 15.6. The lowest BCUT2D eigenvalue weighted by molar-refractivity contribution is 0.174. The maximum Gasteiger partial charge on any atom is 0.231 e. The Morgan fingerprint density at radius 3 is 2.61 bits per heavy atom. The fraction of sp³-hybridized carbons (Fsp3) is 0.278. The molecule has 23 heavy (non-hydrogen) atoms. The summed E-state index contributed by atoms with van der Waals surface area (Å²) in [4.78, 5) is 0. The van der Waals surface area contributed by atoms with Crippen LogP contribution in [-0.2, 0) is 0 Å². The third kappa shape index (κ3) is 3.56. The van der Waals surface area contributed by atoms with Crippen LogP contribution in [0.1, 0.15) is 29.7 Å². The summed E-state index contributed by atoms with van der Waals surface area (Å²) in [6, 6.07) is 12.3. The molecule has 0 radical (unpaired) electrons. The molecule has 5 heteroatoms. The van der Waals surface area contributed by atoms with Crippen molar-refractivity contribution in [1.29, 1.82) is 0 Å². The molecule has 1 aliphatic rings. The summed E-state index contributed by atoms with van der Waals surface area (Å²) in [6.07, 6.45) is 0. The lowest BCUT2D eigenvalue weighted by atomic mass is 10.0. The van der Waals surface area contributed by atoms with Crippen molar-refractivity contribution in [3.63, 3.8) is 0 Å². The molecule has 2 N–H and O–H groups in total. The summed E-state index contributed by atoms with van der Waals surface area (Å²) in [5.41, 5.74) is 4.66. The van der Waals surface area contributed by atoms with E-state index in [1.54, 1.807) is 0 Å². The van der Waals surface area contributed by atoms with E-state index >= 15 is 0 Å². The molecule has 0 aliphatic carbocycles. The number of hydrogen-bond donors (Lipinski definition) is 2. The van der Waals surface area contributed by atoms with E-state index in [9.17, 15) is 0 Å². The summed E-state index contributed by atoms with van der Waals surface area (Å²) in [6.45, 7) is 6.60. The number of rotatable bonds is 3. The minimum absolute atomic E-state index is 0.128. The minimum atomic E-state index is 0.128. The Hall–Kier alpha value is -2.27. The molecule has 1 aliphatic heterocycles. The van der Waals surface area contributed by atoms with Gasteiger partial charge in [-0.2, -0.15) is 0 Å². The lowest BCUT2D eigenvalue weighted by Crippen LogP contribution is -2.30. The van der Waals surface area contributed by atoms with Crippen LogP contribution in [0.2, 0.25) is 0 Å². The average Bonchev–Trinajstić information content (AvgIpc) is 2.97. The van der Waals surface area contributed by atoms with Crippen LogP contribution in [0.4, 0.5) is 5.69 Å². The lowest BCUT2D eigenvalue weighted by Gasteiger charge is -2.18. The smallest absolute Gasteiger partial charge is 0.231 e. The topological polar surface area (TPSA) is 42.5 Å². The molecule has 0 unspecified atom stereocenters. The number of hydrogen-bond acceptors (Lipinski definition) is 3. The van der Waals surface area contributed by atoms with E-state index in [1.807, 2.05) is 18.2 Å². The SMILES string of the molecule is Cc1ccc([C@@H](C)NC(=S)Nc2ccc3c(c2)OCO3)cc1C. The summed E-state index contributed by atoms with van der Waals surface area (Å²) < 4.78 is 10.7. The number of nitrogens with one attached hydrogen (secondary N) is 2. The van der Waals surface area contributed by atoms with Gasteiger partial charge in [-0.15, -0.1) is 0 Å². The van der Waals surface area contributed by atoms with Gasteiger partial charge in [0.05, 0.1) is 6.04 Å². The Morgan fingerprint density at radius 2 is 1.83 bits per heavy atom. The molecule has 0 bridgehead atoms. The van der Waals surface area contributed by atoms with Gasteiger partial charge in [-0.1, -0.05) is 18.2 Å². The average molecular weight is 328 g/mol. The van der Waals surface area contributed by atoms with Crippen LogP contribution in [0, 0.1) is 13.8 Å². The van der Waals surface area contributed by atoms with Gasteiger partial charge in [-0.25, -0.2) is 0 Å². The summed E-state index contributed by atoms with van der Waals surface area (Å²) in [7, 11) is 0. The zero-order valence-electron chi connectivity index (χ0n) is 13.5. The highest BCUT2D eigenvalue weighted by Gasteiger charge is 2.14. The van der Waals surface area contributed by atoms with Crippen molar-refractivity contribution in [3.8, 4) is 11.5 Å². The molecular formula is C18H20N2O2S. The molecule has 120 valence electrons. The molecule has 2 aromatic carbocycles. The fourth-order valence-electron chi connectivity index (χ4n) is 2.46. The van der Waals surface area contributed by atoms with Crippen molar-refractivity contribution < 1.29 is 9.47 Å². The first-order valence-corrected chi connectivity index (χ1v) is 7.98. The normalized spacial score (nSPS) is 13.5. The minimum Gasteiger partial charge on any atom is -0.454 e. The Balaban J connectivity index is 1.63. The van der Waals surface area contributed by atoms with Gasteiger partial charge in [0, 0.05) is 11.8 Å². The van der Waals surface area contributed by atoms with E-state index in [0.717, 1.165) is 17.2 Å². The van der Waals surface area contributed by atoms with E-state index in [-0.39, 0.29) is 12.8 Å². The summed E-state index contributed by atoms with van der Waals surface area (Å²) in [5.74, 6) is 1.50. The number of ether oxygens (including phenoxy) is 2. The van der Waals surface area contributed by atoms with E-state index < -0.39 is 0 Å². The third-order valence-corrected chi connectivity index (χ3v) is 4.23. The molecule has 0 aromatic heterocycles. The third-order valence-electron chi connectivity index (χ3n) is 4.01. The van der Waals surface area contributed by atoms with E-state index in [1.165, 1.54) is 16.7 Å².